The van der Waals surface area contributed by atoms with Crippen molar-refractivity contribution in [2.75, 3.05) is 31.1 Å². The normalized spacial score (nSPS) is 15.6. The molecule has 1 saturated heterocycles. The van der Waals surface area contributed by atoms with Crippen molar-refractivity contribution in [3.63, 3.8) is 0 Å². The van der Waals surface area contributed by atoms with Gasteiger partial charge in [-0.3, -0.25) is 4.79 Å². The number of aliphatic hydroxyl groups is 1. The molecule has 1 aromatic heterocycles. The van der Waals surface area contributed by atoms with Gasteiger partial charge in [0.05, 0.1) is 11.1 Å². The standard InChI is InChI=1S/C26H31FN4O3.2H2/c1-16-8-9-17-19(14-16)28-23(22-18(27)6-5-7-20(22)32)29-24(17)30-10-12-31(13-11-30)25(34)21(33)15-26(2,3)4;;/h5-9,14,21,32-33H,10-13,15H2,1-4H3;2*1H/t21-;;/m1../s1. The van der Waals surface area contributed by atoms with E-state index < -0.39 is 11.9 Å². The van der Waals surface area contributed by atoms with Crippen molar-refractivity contribution >= 4 is 22.6 Å². The van der Waals surface area contributed by atoms with Gasteiger partial charge in [0.2, 0.25) is 0 Å². The van der Waals surface area contributed by atoms with Gasteiger partial charge in [0.1, 0.15) is 23.5 Å². The number of rotatable bonds is 4. The Labute approximate surface area is 201 Å². The predicted molar refractivity (Wildman–Crippen MR) is 134 cm³/mol. The maximum atomic E-state index is 14.6. The van der Waals surface area contributed by atoms with E-state index in [1.54, 1.807) is 4.90 Å². The molecule has 34 heavy (non-hydrogen) atoms. The smallest absolute Gasteiger partial charge is 0.251 e. The van der Waals surface area contributed by atoms with Crippen LogP contribution in [0.15, 0.2) is 36.4 Å². The molecule has 1 aliphatic rings. The molecule has 0 radical (unpaired) electrons. The van der Waals surface area contributed by atoms with Crippen LogP contribution >= 0.6 is 0 Å². The summed E-state index contributed by atoms with van der Waals surface area (Å²) in [5.74, 6) is -0.329. The van der Waals surface area contributed by atoms with E-state index in [0.717, 1.165) is 10.9 Å². The van der Waals surface area contributed by atoms with Crippen LogP contribution in [0.4, 0.5) is 10.2 Å². The first-order valence-corrected chi connectivity index (χ1v) is 11.5. The van der Waals surface area contributed by atoms with Gasteiger partial charge in [0.15, 0.2) is 5.82 Å². The fourth-order valence-corrected chi connectivity index (χ4v) is 4.33. The van der Waals surface area contributed by atoms with E-state index in [-0.39, 0.29) is 31.3 Å². The lowest BCUT2D eigenvalue weighted by Crippen LogP contribution is -2.52. The number of piperazine rings is 1. The number of benzene rings is 2. The summed E-state index contributed by atoms with van der Waals surface area (Å²) < 4.78 is 14.6. The number of halogens is 1. The van der Waals surface area contributed by atoms with Crippen LogP contribution in [0.1, 0.15) is 35.6 Å². The van der Waals surface area contributed by atoms with Gasteiger partial charge in [0.25, 0.3) is 5.91 Å². The van der Waals surface area contributed by atoms with E-state index in [1.807, 2.05) is 50.8 Å². The highest BCUT2D eigenvalue weighted by Gasteiger charge is 2.30. The highest BCUT2D eigenvalue weighted by Crippen LogP contribution is 2.34. The largest absolute Gasteiger partial charge is 0.507 e. The maximum absolute atomic E-state index is 14.6. The molecule has 0 unspecified atom stereocenters. The Hall–Kier alpha value is -3.26. The summed E-state index contributed by atoms with van der Waals surface area (Å²) in [6, 6.07) is 9.93. The molecule has 2 N–H and O–H groups in total. The molecule has 1 aliphatic heterocycles. The van der Waals surface area contributed by atoms with Crippen LogP contribution in [0.2, 0.25) is 0 Å². The molecule has 8 heteroatoms. The zero-order valence-electron chi connectivity index (χ0n) is 20.0. The predicted octanol–water partition coefficient (Wildman–Crippen LogP) is 4.39. The van der Waals surface area contributed by atoms with E-state index in [1.165, 1.54) is 18.2 Å². The minimum absolute atomic E-state index is 0. The lowest BCUT2D eigenvalue weighted by atomic mass is 9.89. The third kappa shape index (κ3) is 4.97. The molecule has 0 bridgehead atoms. The lowest BCUT2D eigenvalue weighted by molar-refractivity contribution is -0.142. The molecule has 2 heterocycles. The van der Waals surface area contributed by atoms with Gasteiger partial charge in [-0.15, -0.1) is 0 Å². The number of aliphatic hydroxyl groups excluding tert-OH is 1. The topological polar surface area (TPSA) is 89.8 Å². The van der Waals surface area contributed by atoms with Crippen LogP contribution < -0.4 is 4.90 Å². The molecule has 2 aromatic carbocycles. The van der Waals surface area contributed by atoms with Gasteiger partial charge in [-0.1, -0.05) is 32.9 Å². The summed E-state index contributed by atoms with van der Waals surface area (Å²) in [7, 11) is 0. The van der Waals surface area contributed by atoms with Gasteiger partial charge in [-0.2, -0.15) is 0 Å². The zero-order chi connectivity index (χ0) is 24.6. The summed E-state index contributed by atoms with van der Waals surface area (Å²) in [4.78, 5) is 25.7. The number of hydrogen-bond donors (Lipinski definition) is 2. The number of aryl methyl sites for hydroxylation is 1. The molecule has 0 aliphatic carbocycles. The second-order valence-corrected chi connectivity index (χ2v) is 10.1. The number of phenols is 1. The van der Waals surface area contributed by atoms with Crippen molar-refractivity contribution in [2.45, 2.75) is 40.2 Å². The van der Waals surface area contributed by atoms with Crippen LogP contribution in [-0.4, -0.2) is 63.3 Å². The number of amides is 1. The number of hydrogen-bond acceptors (Lipinski definition) is 6. The molecule has 7 nitrogen and oxygen atoms in total. The van der Waals surface area contributed by atoms with Gasteiger partial charge in [-0.25, -0.2) is 14.4 Å². The third-order valence-corrected chi connectivity index (χ3v) is 6.03. The van der Waals surface area contributed by atoms with Crippen molar-refractivity contribution in [3.8, 4) is 17.1 Å². The summed E-state index contributed by atoms with van der Waals surface area (Å²) in [6.07, 6.45) is -0.623. The summed E-state index contributed by atoms with van der Waals surface area (Å²) >= 11 is 0. The first kappa shape index (κ1) is 23.9. The number of carbonyl (C=O) groups is 1. The molecular weight excluding hydrogens is 435 g/mol. The highest BCUT2D eigenvalue weighted by molar-refractivity contribution is 5.92. The second kappa shape index (κ2) is 9.18. The van der Waals surface area contributed by atoms with E-state index in [0.29, 0.717) is 43.9 Å². The quantitative estimate of drug-likeness (QED) is 0.588. The molecule has 0 spiro atoms. The zero-order valence-corrected chi connectivity index (χ0v) is 20.0. The fraction of sp³-hybridized carbons (Fsp3) is 0.423. The van der Waals surface area contributed by atoms with Crippen molar-refractivity contribution in [2.24, 2.45) is 5.41 Å². The van der Waals surface area contributed by atoms with Gasteiger partial charge in [0, 0.05) is 34.4 Å². The minimum atomic E-state index is -1.02. The summed E-state index contributed by atoms with van der Waals surface area (Å²) in [6.45, 7) is 9.84. The van der Waals surface area contributed by atoms with E-state index in [9.17, 15) is 19.4 Å². The SMILES string of the molecule is Cc1ccc2c(N3CCN(C(=O)[C@H](O)CC(C)(C)C)CC3)nc(-c3c(O)cccc3F)nc2c1.[HH].[HH]. The fourth-order valence-electron chi connectivity index (χ4n) is 4.33. The number of carbonyl (C=O) groups excluding carboxylic acids is 1. The Morgan fingerprint density at radius 2 is 1.85 bits per heavy atom. The number of aromatic hydroxyl groups is 1. The molecule has 4 rings (SSSR count). The Bertz CT molecular complexity index is 1210. The molecular formula is C26H35FN4O3. The van der Waals surface area contributed by atoms with E-state index >= 15 is 0 Å². The monoisotopic (exact) mass is 470 g/mol. The number of nitrogens with zero attached hydrogens (tertiary/aromatic N) is 4. The van der Waals surface area contributed by atoms with Crippen LogP contribution in [-0.2, 0) is 4.79 Å². The Balaban J connectivity index is 0.00000228. The first-order valence-electron chi connectivity index (χ1n) is 11.5. The van der Waals surface area contributed by atoms with Gasteiger partial charge in [-0.05, 0) is 48.6 Å². The summed E-state index contributed by atoms with van der Waals surface area (Å²) in [5, 5.41) is 21.5. The van der Waals surface area contributed by atoms with Crippen molar-refractivity contribution in [3.05, 3.63) is 47.8 Å². The average molecular weight is 471 g/mol. The average Bonchev–Trinajstić information content (AvgIpc) is 2.76. The number of fused-ring (bicyclic) bond motifs is 1. The van der Waals surface area contributed by atoms with Crippen LogP contribution in [0.5, 0.6) is 5.75 Å². The number of aromatic nitrogens is 2. The van der Waals surface area contributed by atoms with Crippen LogP contribution in [0, 0.1) is 18.2 Å². The van der Waals surface area contributed by atoms with Crippen LogP contribution in [0.3, 0.4) is 0 Å². The molecule has 0 saturated carbocycles. The molecule has 1 fully saturated rings. The maximum Gasteiger partial charge on any atom is 0.251 e. The van der Waals surface area contributed by atoms with E-state index in [4.69, 9.17) is 0 Å². The molecule has 184 valence electrons. The number of phenolic OH excluding ortho intramolecular Hbond substituents is 1. The Morgan fingerprint density at radius 1 is 1.15 bits per heavy atom. The second-order valence-electron chi connectivity index (χ2n) is 10.1. The highest BCUT2D eigenvalue weighted by atomic mass is 19.1. The third-order valence-electron chi connectivity index (χ3n) is 6.03. The van der Waals surface area contributed by atoms with Crippen molar-refractivity contribution in [1.82, 2.24) is 14.9 Å². The van der Waals surface area contributed by atoms with Gasteiger partial charge < -0.3 is 20.0 Å². The van der Waals surface area contributed by atoms with Crippen LogP contribution in [0.25, 0.3) is 22.3 Å². The first-order chi connectivity index (χ1) is 16.0. The molecule has 1 atom stereocenters. The van der Waals surface area contributed by atoms with Crippen molar-refractivity contribution in [1.29, 1.82) is 0 Å². The lowest BCUT2D eigenvalue weighted by Gasteiger charge is -2.37. The van der Waals surface area contributed by atoms with Crippen molar-refractivity contribution < 1.29 is 22.3 Å². The molecule has 1 amide bonds. The minimum Gasteiger partial charge on any atom is -0.507 e. The molecule has 3 aromatic rings. The summed E-state index contributed by atoms with van der Waals surface area (Å²) in [5.41, 5.74) is 1.47. The Kier molecular flexibility index (Phi) is 6.45. The van der Waals surface area contributed by atoms with Gasteiger partial charge >= 0.3 is 0 Å². The Morgan fingerprint density at radius 3 is 2.50 bits per heavy atom. The number of anilines is 1. The van der Waals surface area contributed by atoms with E-state index in [2.05, 4.69) is 9.97 Å².